The van der Waals surface area contributed by atoms with Gasteiger partial charge in [0.1, 0.15) is 18.3 Å². The van der Waals surface area contributed by atoms with Crippen molar-refractivity contribution in [1.82, 2.24) is 0 Å². The minimum absolute atomic E-state index is 0.843. The van der Waals surface area contributed by atoms with Crippen LogP contribution in [0.4, 0.5) is 0 Å². The highest BCUT2D eigenvalue weighted by Gasteiger charge is 2.33. The van der Waals surface area contributed by atoms with Gasteiger partial charge in [0, 0.05) is 0 Å². The van der Waals surface area contributed by atoms with Gasteiger partial charge >= 0.3 is 47.2 Å². The van der Waals surface area contributed by atoms with E-state index in [0.29, 0.717) is 0 Å². The summed E-state index contributed by atoms with van der Waals surface area (Å²) in [6.45, 7) is -0.843. The Morgan fingerprint density at radius 3 is 0.848 bits per heavy atom. The molecule has 0 unspecified atom stereocenters. The molecule has 0 aliphatic carbocycles. The van der Waals surface area contributed by atoms with Crippen molar-refractivity contribution in [3.05, 3.63) is 0 Å². The lowest BCUT2D eigenvalue weighted by Gasteiger charge is -2.23. The van der Waals surface area contributed by atoms with Crippen LogP contribution >= 0.6 is 41.3 Å². The summed E-state index contributed by atoms with van der Waals surface area (Å²) in [6, 6.07) is 0. The Labute approximate surface area is 186 Å². The molecular weight excluding hydrogens is 579 g/mol. The summed E-state index contributed by atoms with van der Waals surface area (Å²) in [7, 11) is -15.6. The maximum absolute atomic E-state index is 10.1. The summed E-state index contributed by atoms with van der Waals surface area (Å²) in [6.07, 6.45) is -7.84. The predicted molar refractivity (Wildman–Crippen MR) is 106 cm³/mol. The first-order valence-corrected chi connectivity index (χ1v) is 13.2. The minimum Gasteiger partial charge on any atom is -0.479 e. The molecule has 27 heteroatoms. The van der Waals surface area contributed by atoms with E-state index in [1.807, 2.05) is 0 Å². The van der Waals surface area contributed by atoms with E-state index in [1.54, 1.807) is 0 Å². The molecule has 0 amide bonds. The fourth-order valence-electron chi connectivity index (χ4n) is 0.668. The molecule has 0 heterocycles. The monoisotopic (exact) mass is 606 g/mol. The highest BCUT2D eigenvalue weighted by Crippen LogP contribution is 2.05. The van der Waals surface area contributed by atoms with Crippen molar-refractivity contribution in [2.45, 2.75) is 24.4 Å². The van der Waals surface area contributed by atoms with Gasteiger partial charge in [0.25, 0.3) is 0 Å². The molecule has 0 fully saturated rings. The third-order valence-electron chi connectivity index (χ3n) is 1.51. The molecule has 0 saturated heterocycles. The van der Waals surface area contributed by atoms with Gasteiger partial charge in [-0.25, -0.2) is 4.79 Å². The zero-order valence-electron chi connectivity index (χ0n) is 15.6. The third kappa shape index (κ3) is 88.9. The number of carboxylic acid groups (broad SMARTS) is 1. The zero-order valence-corrected chi connectivity index (χ0v) is 20.6. The number of hydrogen-bond donors (Lipinski definition) is 16. The van der Waals surface area contributed by atoms with Crippen molar-refractivity contribution in [1.29, 1.82) is 0 Å². The molecule has 0 aliphatic heterocycles. The van der Waals surface area contributed by atoms with E-state index < -0.39 is 78.3 Å². The van der Waals surface area contributed by atoms with Crippen molar-refractivity contribution in [3.63, 3.8) is 0 Å². The smallest absolute Gasteiger partial charge is 0.335 e. The maximum atomic E-state index is 10.1. The first kappa shape index (κ1) is 46.4. The molecule has 0 radical (unpaired) electrons. The van der Waals surface area contributed by atoms with Crippen LogP contribution in [-0.2, 0) is 27.6 Å². The molecule has 0 spiro atoms. The molecule has 0 bridgehead atoms. The fraction of sp³-hybridized carbons (Fsp3) is 0.833. The van der Waals surface area contributed by atoms with E-state index in [-0.39, 0.29) is 0 Å². The summed E-state index contributed by atoms with van der Waals surface area (Å²) in [4.78, 5) is 81.7. The van der Waals surface area contributed by atoms with Gasteiger partial charge in [0.2, 0.25) is 0 Å². The number of rotatable bonds is 5. The summed E-state index contributed by atoms with van der Waals surface area (Å²) in [5, 5.41) is 51.8. The topological polar surface area (TPSA) is 426 Å². The van der Waals surface area contributed by atoms with Crippen LogP contribution in [0.15, 0.2) is 0 Å². The van der Waals surface area contributed by atoms with Crippen LogP contribution in [0.3, 0.4) is 0 Å². The molecule has 0 aliphatic rings. The van der Waals surface area contributed by atoms with Crippen molar-refractivity contribution >= 4 is 47.2 Å². The van der Waals surface area contributed by atoms with E-state index >= 15 is 0 Å². The Bertz CT molecular complexity index is 478. The number of hydrogen-bond acceptors (Lipinski definition) is 11. The largest absolute Gasteiger partial charge is 0.479 e. The number of carbonyl (C=O) groups is 1. The van der Waals surface area contributed by atoms with Crippen molar-refractivity contribution in [3.8, 4) is 0 Å². The highest BCUT2D eigenvalue weighted by atomic mass is 31.1. The summed E-state index contributed by atoms with van der Waals surface area (Å²) < 4.78 is 43.7. The van der Waals surface area contributed by atoms with E-state index in [4.69, 9.17) is 102 Å². The number of aliphatic carboxylic acids is 1. The van der Waals surface area contributed by atoms with Gasteiger partial charge in [-0.05, 0) is 0 Å². The highest BCUT2D eigenvalue weighted by molar-refractivity contribution is 7.31. The van der Waals surface area contributed by atoms with Gasteiger partial charge < -0.3 is 79.6 Å². The van der Waals surface area contributed by atoms with Crippen LogP contribution in [0.5, 0.6) is 0 Å². The number of aliphatic hydroxyl groups is 5. The van der Waals surface area contributed by atoms with Crippen LogP contribution in [0, 0.1) is 0 Å². The average Bonchev–Trinajstić information content (AvgIpc) is 2.56. The standard InChI is InChI=1S/C6H12O7.5H3O3P/c7-1-2(8)3(9)4(10)5(11)6(12)13;5*1-4(2)3/h2-5,7-11H,1H2,(H,12,13);5*4H,(H2,1,2,3)/t2-,3-,4+,5-;;;;;/m1...../s1. The number of aliphatic hydroxyl groups excluding tert-OH is 5. The molecule has 0 aromatic rings. The van der Waals surface area contributed by atoms with Crippen LogP contribution in [0.2, 0.25) is 0 Å². The molecule has 4 atom stereocenters. The molecule has 16 N–H and O–H groups in total. The van der Waals surface area contributed by atoms with Gasteiger partial charge in [-0.2, -0.15) is 0 Å². The Morgan fingerprint density at radius 1 is 0.545 bits per heavy atom. The first-order chi connectivity index (χ1) is 14.6. The Hall–Kier alpha value is 0.0200. The van der Waals surface area contributed by atoms with Gasteiger partial charge in [0.15, 0.2) is 6.10 Å². The summed E-state index contributed by atoms with van der Waals surface area (Å²) in [5.41, 5.74) is 0. The van der Waals surface area contributed by atoms with E-state index in [9.17, 15) is 4.79 Å². The molecule has 0 aromatic carbocycles. The van der Waals surface area contributed by atoms with Crippen molar-refractivity contribution in [2.75, 3.05) is 6.61 Å². The Kier molecular flexibility index (Phi) is 45.0. The van der Waals surface area contributed by atoms with E-state index in [0.717, 1.165) is 0 Å². The quantitative estimate of drug-likeness (QED) is 0.129. The van der Waals surface area contributed by atoms with E-state index in [2.05, 4.69) is 0 Å². The summed E-state index contributed by atoms with van der Waals surface area (Å²) >= 11 is 0. The number of carboxylic acids is 1. The minimum atomic E-state index is -3.13. The third-order valence-corrected chi connectivity index (χ3v) is 1.51. The van der Waals surface area contributed by atoms with Crippen LogP contribution < -0.4 is 0 Å². The molecule has 208 valence electrons. The van der Waals surface area contributed by atoms with Gasteiger partial charge in [-0.15, -0.1) is 0 Å². The van der Waals surface area contributed by atoms with Crippen LogP contribution in [-0.4, -0.2) is 117 Å². The molecule has 0 rings (SSSR count). The summed E-state index contributed by atoms with van der Waals surface area (Å²) in [5.74, 6) is -1.73. The average molecular weight is 606 g/mol. The molecule has 33 heavy (non-hydrogen) atoms. The Morgan fingerprint density at radius 2 is 0.727 bits per heavy atom. The molecule has 0 aromatic heterocycles. The van der Waals surface area contributed by atoms with E-state index in [1.165, 1.54) is 0 Å². The zero-order chi connectivity index (χ0) is 28.5. The van der Waals surface area contributed by atoms with Crippen LogP contribution in [0.25, 0.3) is 0 Å². The van der Waals surface area contributed by atoms with Crippen molar-refractivity contribution < 1.29 is 107 Å². The van der Waals surface area contributed by atoms with Gasteiger partial charge in [0.05, 0.1) is 6.61 Å². The lowest BCUT2D eigenvalue weighted by molar-refractivity contribution is -0.164. The second-order valence-corrected chi connectivity index (χ2v) is 6.75. The van der Waals surface area contributed by atoms with Crippen molar-refractivity contribution in [2.24, 2.45) is 0 Å². The predicted octanol–water partition coefficient (Wildman–Crippen LogP) is -6.69. The molecular formula is C6H27O22P5. The molecule has 0 saturated carbocycles. The SMILES string of the molecule is O=C(O)[C@H](O)[C@@H](O)[C@H](O)[C@H](O)CO.O=[PH](O)O.O=[PH](O)O.O=[PH](O)O.O=[PH](O)O.O=[PH](O)O. The van der Waals surface area contributed by atoms with Gasteiger partial charge in [-0.3, -0.25) is 22.8 Å². The fourth-order valence-corrected chi connectivity index (χ4v) is 0.668. The second kappa shape index (κ2) is 32.0. The molecule has 22 nitrogen and oxygen atoms in total. The van der Waals surface area contributed by atoms with Gasteiger partial charge in [-0.1, -0.05) is 0 Å². The lowest BCUT2D eigenvalue weighted by Crippen LogP contribution is -2.48. The second-order valence-electron chi connectivity index (χ2n) is 3.93. The normalized spacial score (nSPS) is 13.3. The first-order valence-electron chi connectivity index (χ1n) is 6.73. The lowest BCUT2D eigenvalue weighted by atomic mass is 10.0. The Balaban J connectivity index is -0.0000000754. The maximum Gasteiger partial charge on any atom is 0.335 e. The van der Waals surface area contributed by atoms with Crippen LogP contribution in [0.1, 0.15) is 0 Å².